The van der Waals surface area contributed by atoms with Crippen molar-refractivity contribution in [2.75, 3.05) is 13.1 Å². The van der Waals surface area contributed by atoms with Crippen LogP contribution in [0.15, 0.2) is 35.1 Å². The van der Waals surface area contributed by atoms with E-state index in [1.54, 1.807) is 17.0 Å². The summed E-state index contributed by atoms with van der Waals surface area (Å²) in [7, 11) is 0. The number of benzene rings is 1. The summed E-state index contributed by atoms with van der Waals surface area (Å²) in [4.78, 5) is 29.3. The molecule has 0 radical (unpaired) electrons. The highest BCUT2D eigenvalue weighted by atomic mass is 19.1. The van der Waals surface area contributed by atoms with Crippen molar-refractivity contribution in [2.45, 2.75) is 25.7 Å². The summed E-state index contributed by atoms with van der Waals surface area (Å²) >= 11 is 0. The number of piperidine rings is 1. The molecule has 132 valence electrons. The van der Waals surface area contributed by atoms with Crippen LogP contribution in [-0.4, -0.2) is 40.0 Å². The lowest BCUT2D eigenvalue weighted by atomic mass is 9.93. The second-order valence-corrected chi connectivity index (χ2v) is 6.23. The van der Waals surface area contributed by atoms with E-state index in [4.69, 9.17) is 9.52 Å². The zero-order valence-electron chi connectivity index (χ0n) is 13.7. The first-order chi connectivity index (χ1) is 12.0. The Morgan fingerprint density at radius 2 is 2.08 bits per heavy atom. The predicted molar refractivity (Wildman–Crippen MR) is 87.4 cm³/mol. The third kappa shape index (κ3) is 4.04. The molecule has 1 aliphatic rings. The largest absolute Gasteiger partial charge is 0.481 e. The quantitative estimate of drug-likeness (QED) is 0.899. The SMILES string of the molecule is O=C(O)CCC1CCCN(C(=O)c2ncoc2-c2ccc(F)cc2)C1. The molecule has 6 nitrogen and oxygen atoms in total. The monoisotopic (exact) mass is 346 g/mol. The van der Waals surface area contributed by atoms with Crippen molar-refractivity contribution in [1.82, 2.24) is 9.88 Å². The van der Waals surface area contributed by atoms with Gasteiger partial charge in [-0.15, -0.1) is 0 Å². The molecule has 1 aliphatic heterocycles. The summed E-state index contributed by atoms with van der Waals surface area (Å²) < 4.78 is 18.4. The highest BCUT2D eigenvalue weighted by molar-refractivity contribution is 5.97. The smallest absolute Gasteiger partial charge is 0.303 e. The first-order valence-electron chi connectivity index (χ1n) is 8.25. The van der Waals surface area contributed by atoms with Crippen molar-refractivity contribution in [3.63, 3.8) is 0 Å². The molecule has 1 atom stereocenters. The first kappa shape index (κ1) is 17.1. The van der Waals surface area contributed by atoms with Gasteiger partial charge in [-0.3, -0.25) is 9.59 Å². The number of oxazole rings is 1. The maximum atomic E-state index is 13.1. The molecule has 0 aliphatic carbocycles. The van der Waals surface area contributed by atoms with E-state index in [0.29, 0.717) is 30.8 Å². The summed E-state index contributed by atoms with van der Waals surface area (Å²) in [5, 5.41) is 8.82. The van der Waals surface area contributed by atoms with E-state index in [1.165, 1.54) is 18.5 Å². The zero-order chi connectivity index (χ0) is 17.8. The minimum Gasteiger partial charge on any atom is -0.481 e. The van der Waals surface area contributed by atoms with Crippen molar-refractivity contribution in [2.24, 2.45) is 5.92 Å². The molecular weight excluding hydrogens is 327 g/mol. The fourth-order valence-electron chi connectivity index (χ4n) is 3.17. The Balaban J connectivity index is 1.74. The zero-order valence-corrected chi connectivity index (χ0v) is 13.7. The number of aliphatic carboxylic acids is 1. The summed E-state index contributed by atoms with van der Waals surface area (Å²) in [6.07, 6.45) is 3.62. The molecule has 7 heteroatoms. The molecule has 1 saturated heterocycles. The third-order valence-corrected chi connectivity index (χ3v) is 4.45. The molecule has 3 rings (SSSR count). The van der Waals surface area contributed by atoms with Crippen LogP contribution in [-0.2, 0) is 4.79 Å². The molecule has 1 aromatic heterocycles. The minimum absolute atomic E-state index is 0.109. The number of hydrogen-bond donors (Lipinski definition) is 1. The van der Waals surface area contributed by atoms with Gasteiger partial charge in [0.15, 0.2) is 17.8 Å². The van der Waals surface area contributed by atoms with E-state index in [-0.39, 0.29) is 29.8 Å². The van der Waals surface area contributed by atoms with E-state index in [0.717, 1.165) is 12.8 Å². The van der Waals surface area contributed by atoms with Gasteiger partial charge in [0.05, 0.1) is 0 Å². The van der Waals surface area contributed by atoms with Crippen molar-refractivity contribution in [3.8, 4) is 11.3 Å². The van der Waals surface area contributed by atoms with Crippen LogP contribution in [0.5, 0.6) is 0 Å². The van der Waals surface area contributed by atoms with Crippen LogP contribution >= 0.6 is 0 Å². The molecule has 1 unspecified atom stereocenters. The summed E-state index contributed by atoms with van der Waals surface area (Å²) in [5.74, 6) is -0.937. The summed E-state index contributed by atoms with van der Waals surface area (Å²) in [6, 6.07) is 5.68. The van der Waals surface area contributed by atoms with E-state index in [2.05, 4.69) is 4.98 Å². The Bertz CT molecular complexity index is 757. The molecule has 25 heavy (non-hydrogen) atoms. The summed E-state index contributed by atoms with van der Waals surface area (Å²) in [5.41, 5.74) is 0.784. The van der Waals surface area contributed by atoms with E-state index < -0.39 is 5.97 Å². The highest BCUT2D eigenvalue weighted by Crippen LogP contribution is 2.27. The maximum absolute atomic E-state index is 13.1. The van der Waals surface area contributed by atoms with Gasteiger partial charge in [-0.2, -0.15) is 0 Å². The molecule has 1 fully saturated rings. The molecule has 0 bridgehead atoms. The van der Waals surface area contributed by atoms with Crippen LogP contribution in [0, 0.1) is 11.7 Å². The van der Waals surface area contributed by atoms with Gasteiger partial charge in [-0.1, -0.05) is 0 Å². The van der Waals surface area contributed by atoms with Gasteiger partial charge in [-0.25, -0.2) is 9.37 Å². The second kappa shape index (κ2) is 7.46. The van der Waals surface area contributed by atoms with Crippen LogP contribution in [0.25, 0.3) is 11.3 Å². The van der Waals surface area contributed by atoms with Crippen LogP contribution in [0.3, 0.4) is 0 Å². The lowest BCUT2D eigenvalue weighted by Crippen LogP contribution is -2.40. The normalized spacial score (nSPS) is 17.5. The van der Waals surface area contributed by atoms with Crippen LogP contribution in [0.4, 0.5) is 4.39 Å². The number of carbonyl (C=O) groups excluding carboxylic acids is 1. The lowest BCUT2D eigenvalue weighted by Gasteiger charge is -2.32. The Labute approximate surface area is 144 Å². The predicted octanol–water partition coefficient (Wildman–Crippen LogP) is 3.20. The lowest BCUT2D eigenvalue weighted by molar-refractivity contribution is -0.137. The molecule has 0 spiro atoms. The number of nitrogens with zero attached hydrogens (tertiary/aromatic N) is 2. The summed E-state index contributed by atoms with van der Waals surface area (Å²) in [6.45, 7) is 1.12. The van der Waals surface area contributed by atoms with Gasteiger partial charge in [0.25, 0.3) is 5.91 Å². The number of aromatic nitrogens is 1. The molecular formula is C18H19FN2O4. The van der Waals surface area contributed by atoms with E-state index in [1.807, 2.05) is 0 Å². The van der Waals surface area contributed by atoms with Crippen molar-refractivity contribution < 1.29 is 23.5 Å². The van der Waals surface area contributed by atoms with Gasteiger partial charge in [0.1, 0.15) is 5.82 Å². The topological polar surface area (TPSA) is 83.6 Å². The fraction of sp³-hybridized carbons (Fsp3) is 0.389. The van der Waals surface area contributed by atoms with Gasteiger partial charge in [-0.05, 0) is 49.4 Å². The average molecular weight is 346 g/mol. The van der Waals surface area contributed by atoms with Crippen LogP contribution in [0.2, 0.25) is 0 Å². The number of amides is 1. The maximum Gasteiger partial charge on any atom is 0.303 e. The number of carboxylic acid groups (broad SMARTS) is 1. The van der Waals surface area contributed by atoms with E-state index >= 15 is 0 Å². The fourth-order valence-corrected chi connectivity index (χ4v) is 3.17. The van der Waals surface area contributed by atoms with Crippen LogP contribution in [0.1, 0.15) is 36.2 Å². The van der Waals surface area contributed by atoms with Gasteiger partial charge in [0.2, 0.25) is 0 Å². The molecule has 1 aromatic carbocycles. The highest BCUT2D eigenvalue weighted by Gasteiger charge is 2.28. The molecule has 0 saturated carbocycles. The number of rotatable bonds is 5. The van der Waals surface area contributed by atoms with Crippen molar-refractivity contribution >= 4 is 11.9 Å². The Kier molecular flexibility index (Phi) is 5.11. The van der Waals surface area contributed by atoms with Crippen molar-refractivity contribution in [1.29, 1.82) is 0 Å². The number of carbonyl (C=O) groups is 2. The van der Waals surface area contributed by atoms with Gasteiger partial charge in [0, 0.05) is 25.1 Å². The Morgan fingerprint density at radius 1 is 1.32 bits per heavy atom. The molecule has 1 N–H and O–H groups in total. The van der Waals surface area contributed by atoms with Gasteiger partial charge >= 0.3 is 5.97 Å². The molecule has 1 amide bonds. The number of carboxylic acids is 1. The minimum atomic E-state index is -0.821. The molecule has 2 heterocycles. The number of hydrogen-bond acceptors (Lipinski definition) is 4. The second-order valence-electron chi connectivity index (χ2n) is 6.23. The number of halogens is 1. The van der Waals surface area contributed by atoms with E-state index in [9.17, 15) is 14.0 Å². The van der Waals surface area contributed by atoms with Crippen molar-refractivity contribution in [3.05, 3.63) is 42.2 Å². The Morgan fingerprint density at radius 3 is 2.80 bits per heavy atom. The average Bonchev–Trinajstić information content (AvgIpc) is 3.10. The first-order valence-corrected chi connectivity index (χ1v) is 8.25. The standard InChI is InChI=1S/C18H19FN2O4/c19-14-6-4-13(5-7-14)17-16(20-11-25-17)18(24)21-9-1-2-12(10-21)3-8-15(22)23/h4-7,11-12H,1-3,8-10H2,(H,22,23). The van der Waals surface area contributed by atoms with Crippen LogP contribution < -0.4 is 0 Å². The number of likely N-dealkylation sites (tertiary alicyclic amines) is 1. The third-order valence-electron chi connectivity index (χ3n) is 4.45. The van der Waals surface area contributed by atoms with Gasteiger partial charge < -0.3 is 14.4 Å². The molecule has 2 aromatic rings. The Hall–Kier alpha value is -2.70.